The van der Waals surface area contributed by atoms with Crippen LogP contribution in [0.3, 0.4) is 0 Å². The molecule has 2 aromatic carbocycles. The summed E-state index contributed by atoms with van der Waals surface area (Å²) in [5, 5.41) is 2.67. The van der Waals surface area contributed by atoms with Crippen molar-refractivity contribution >= 4 is 11.9 Å². The summed E-state index contributed by atoms with van der Waals surface area (Å²) in [7, 11) is 0. The van der Waals surface area contributed by atoms with Gasteiger partial charge in [-0.15, -0.1) is 0 Å². The molecule has 0 saturated heterocycles. The van der Waals surface area contributed by atoms with E-state index in [1.807, 2.05) is 56.3 Å². The van der Waals surface area contributed by atoms with Crippen molar-refractivity contribution in [3.8, 4) is 11.8 Å². The topological polar surface area (TPSA) is 55.4 Å². The Labute approximate surface area is 154 Å². The average molecular weight is 349 g/mol. The summed E-state index contributed by atoms with van der Waals surface area (Å²) >= 11 is 0. The first kappa shape index (κ1) is 19.3. The minimum atomic E-state index is -0.452. The second kappa shape index (κ2) is 10.0. The molecule has 0 saturated carbocycles. The molecule has 26 heavy (non-hydrogen) atoms. The maximum absolute atomic E-state index is 11.9. The van der Waals surface area contributed by atoms with E-state index in [2.05, 4.69) is 17.2 Å². The first-order chi connectivity index (χ1) is 12.6. The molecular weight excluding hydrogens is 326 g/mol. The lowest BCUT2D eigenvalue weighted by atomic mass is 10.0. The molecule has 0 aliphatic heterocycles. The molecule has 0 bridgehead atoms. The van der Waals surface area contributed by atoms with E-state index in [1.54, 1.807) is 12.1 Å². The smallest absolute Gasteiger partial charge is 0.407 e. The van der Waals surface area contributed by atoms with Crippen molar-refractivity contribution in [2.45, 2.75) is 26.9 Å². The van der Waals surface area contributed by atoms with E-state index in [4.69, 9.17) is 4.74 Å². The zero-order chi connectivity index (χ0) is 18.8. The van der Waals surface area contributed by atoms with Gasteiger partial charge >= 0.3 is 6.09 Å². The van der Waals surface area contributed by atoms with Crippen LogP contribution in [-0.2, 0) is 11.3 Å². The molecule has 0 unspecified atom stereocenters. The fourth-order valence-corrected chi connectivity index (χ4v) is 2.22. The summed E-state index contributed by atoms with van der Waals surface area (Å²) in [6, 6.07) is 16.8. The second-order valence-electron chi connectivity index (χ2n) is 6.14. The van der Waals surface area contributed by atoms with Gasteiger partial charge in [-0.25, -0.2) is 4.79 Å². The molecule has 0 radical (unpaired) electrons. The Morgan fingerprint density at radius 2 is 1.73 bits per heavy atom. The predicted octanol–water partition coefficient (Wildman–Crippen LogP) is 4.19. The van der Waals surface area contributed by atoms with Gasteiger partial charge in [-0.1, -0.05) is 68.2 Å². The van der Waals surface area contributed by atoms with Crippen molar-refractivity contribution in [3.63, 3.8) is 0 Å². The largest absolute Gasteiger partial charge is 0.445 e. The maximum atomic E-state index is 11.9. The Morgan fingerprint density at radius 1 is 1.04 bits per heavy atom. The molecule has 4 nitrogen and oxygen atoms in total. The molecule has 2 rings (SSSR count). The van der Waals surface area contributed by atoms with Crippen LogP contribution in [-0.4, -0.2) is 18.4 Å². The zero-order valence-corrected chi connectivity index (χ0v) is 15.1. The number of amides is 1. The first-order valence-corrected chi connectivity index (χ1v) is 8.64. The van der Waals surface area contributed by atoms with Gasteiger partial charge in [0.15, 0.2) is 5.78 Å². The van der Waals surface area contributed by atoms with E-state index in [-0.39, 0.29) is 18.3 Å². The van der Waals surface area contributed by atoms with Crippen molar-refractivity contribution in [3.05, 3.63) is 71.3 Å². The number of nitrogens with one attached hydrogen (secondary N) is 1. The molecule has 0 aliphatic carbocycles. The van der Waals surface area contributed by atoms with Crippen LogP contribution >= 0.6 is 0 Å². The molecule has 0 fully saturated rings. The fraction of sp³-hybridized carbons (Fsp3) is 0.273. The number of hydrogen-bond donors (Lipinski definition) is 1. The predicted molar refractivity (Wildman–Crippen MR) is 102 cm³/mol. The van der Waals surface area contributed by atoms with Crippen LogP contribution in [0, 0.1) is 17.8 Å². The number of Topliss-reactive ketones (excluding diaryl/α,β-unsaturated/α-hetero) is 1. The summed E-state index contributed by atoms with van der Waals surface area (Å²) in [5.41, 5.74) is 2.49. The highest BCUT2D eigenvalue weighted by molar-refractivity contribution is 5.97. The number of benzene rings is 2. The third kappa shape index (κ3) is 6.45. The lowest BCUT2D eigenvalue weighted by Gasteiger charge is -2.05. The molecule has 1 N–H and O–H groups in total. The van der Waals surface area contributed by atoms with Gasteiger partial charge in [0.2, 0.25) is 0 Å². The van der Waals surface area contributed by atoms with E-state index in [1.165, 1.54) is 0 Å². The molecule has 0 heterocycles. The van der Waals surface area contributed by atoms with Crippen LogP contribution in [0.1, 0.15) is 41.8 Å². The van der Waals surface area contributed by atoms with Gasteiger partial charge in [-0.2, -0.15) is 0 Å². The van der Waals surface area contributed by atoms with Gasteiger partial charge in [-0.05, 0) is 17.7 Å². The Hall–Kier alpha value is -3.06. The molecule has 4 heteroatoms. The summed E-state index contributed by atoms with van der Waals surface area (Å²) in [4.78, 5) is 23.5. The Balaban J connectivity index is 1.70. The van der Waals surface area contributed by atoms with Crippen molar-refractivity contribution in [2.24, 2.45) is 5.92 Å². The van der Waals surface area contributed by atoms with Crippen LogP contribution in [0.4, 0.5) is 4.79 Å². The molecule has 2 aromatic rings. The van der Waals surface area contributed by atoms with Crippen LogP contribution in [0.25, 0.3) is 0 Å². The number of ether oxygens (including phenoxy) is 1. The summed E-state index contributed by atoms with van der Waals surface area (Å²) in [5.74, 6) is 6.13. The summed E-state index contributed by atoms with van der Waals surface area (Å²) < 4.78 is 5.12. The molecule has 0 spiro atoms. The van der Waals surface area contributed by atoms with E-state index in [0.29, 0.717) is 18.5 Å². The summed E-state index contributed by atoms with van der Waals surface area (Å²) in [6.07, 6.45) is 0.0693. The number of ketones is 1. The second-order valence-corrected chi connectivity index (χ2v) is 6.14. The van der Waals surface area contributed by atoms with E-state index in [9.17, 15) is 9.59 Å². The fourth-order valence-electron chi connectivity index (χ4n) is 2.22. The van der Waals surface area contributed by atoms with Crippen LogP contribution in [0.5, 0.6) is 0 Å². The third-order valence-corrected chi connectivity index (χ3v) is 3.66. The Kier molecular flexibility index (Phi) is 7.45. The van der Waals surface area contributed by atoms with Gasteiger partial charge < -0.3 is 10.1 Å². The summed E-state index contributed by atoms with van der Waals surface area (Å²) in [6.45, 7) is 4.44. The quantitative estimate of drug-likeness (QED) is 0.483. The maximum Gasteiger partial charge on any atom is 0.407 e. The van der Waals surface area contributed by atoms with Gasteiger partial charge in [0.25, 0.3) is 0 Å². The van der Waals surface area contributed by atoms with Crippen LogP contribution in [0.15, 0.2) is 54.6 Å². The zero-order valence-electron chi connectivity index (χ0n) is 15.1. The minimum absolute atomic E-state index is 0.0142. The molecule has 134 valence electrons. The number of rotatable bonds is 6. The van der Waals surface area contributed by atoms with Crippen molar-refractivity contribution < 1.29 is 14.3 Å². The SMILES string of the molecule is CC(C)C(=O)c1ccc(C#CCCNC(=O)OCc2ccccc2)cc1. The number of carbonyl (C=O) groups is 2. The lowest BCUT2D eigenvalue weighted by molar-refractivity contribution is 0.0939. The van der Waals surface area contributed by atoms with Gasteiger partial charge in [0.05, 0.1) is 0 Å². The lowest BCUT2D eigenvalue weighted by Crippen LogP contribution is -2.24. The highest BCUT2D eigenvalue weighted by Gasteiger charge is 2.09. The van der Waals surface area contributed by atoms with Crippen molar-refractivity contribution in [1.82, 2.24) is 5.32 Å². The number of hydrogen-bond acceptors (Lipinski definition) is 3. The highest BCUT2D eigenvalue weighted by Crippen LogP contribution is 2.09. The normalized spacial score (nSPS) is 9.96. The molecule has 0 aromatic heterocycles. The van der Waals surface area contributed by atoms with E-state index < -0.39 is 6.09 Å². The first-order valence-electron chi connectivity index (χ1n) is 8.64. The molecule has 0 atom stereocenters. The monoisotopic (exact) mass is 349 g/mol. The van der Waals surface area contributed by atoms with Crippen molar-refractivity contribution in [1.29, 1.82) is 0 Å². The van der Waals surface area contributed by atoms with E-state index in [0.717, 1.165) is 11.1 Å². The third-order valence-electron chi connectivity index (χ3n) is 3.66. The standard InChI is InChI=1S/C22H23NO3/c1-17(2)21(24)20-13-11-18(12-14-20)8-6-7-15-23-22(25)26-16-19-9-4-3-5-10-19/h3-5,9-14,17H,7,15-16H2,1-2H3,(H,23,25). The average Bonchev–Trinajstić information content (AvgIpc) is 2.66. The van der Waals surface area contributed by atoms with Gasteiger partial charge in [0.1, 0.15) is 6.61 Å². The highest BCUT2D eigenvalue weighted by atomic mass is 16.5. The van der Waals surface area contributed by atoms with Crippen LogP contribution < -0.4 is 5.32 Å². The number of alkyl carbamates (subject to hydrolysis) is 1. The van der Waals surface area contributed by atoms with Gasteiger partial charge in [0, 0.05) is 30.0 Å². The number of carbonyl (C=O) groups excluding carboxylic acids is 2. The minimum Gasteiger partial charge on any atom is -0.445 e. The molecular formula is C22H23NO3. The van der Waals surface area contributed by atoms with Crippen LogP contribution in [0.2, 0.25) is 0 Å². The van der Waals surface area contributed by atoms with Crippen molar-refractivity contribution in [2.75, 3.05) is 6.54 Å². The van der Waals surface area contributed by atoms with Gasteiger partial charge in [-0.3, -0.25) is 4.79 Å². The van der Waals surface area contributed by atoms with E-state index >= 15 is 0 Å². The molecule has 0 aliphatic rings. The Bertz CT molecular complexity index is 784. The Morgan fingerprint density at radius 3 is 2.38 bits per heavy atom. The molecule has 1 amide bonds.